The van der Waals surface area contributed by atoms with E-state index in [2.05, 4.69) is 10.1 Å². The molecule has 0 unspecified atom stereocenters. The van der Waals surface area contributed by atoms with Crippen LogP contribution in [0.1, 0.15) is 26.3 Å². The molecule has 0 fully saturated rings. The van der Waals surface area contributed by atoms with Crippen LogP contribution in [-0.2, 0) is 4.74 Å². The highest BCUT2D eigenvalue weighted by Crippen LogP contribution is 2.31. The van der Waals surface area contributed by atoms with Crippen LogP contribution in [0.15, 0.2) is 30.3 Å². The van der Waals surface area contributed by atoms with Crippen molar-refractivity contribution in [1.29, 1.82) is 0 Å². The van der Waals surface area contributed by atoms with E-state index in [0.717, 1.165) is 19.2 Å². The fourth-order valence-corrected chi connectivity index (χ4v) is 2.31. The summed E-state index contributed by atoms with van der Waals surface area (Å²) in [4.78, 5) is 44.5. The first-order valence-electron chi connectivity index (χ1n) is 7.32. The Balaban J connectivity index is 2.47. The van der Waals surface area contributed by atoms with Crippen LogP contribution < -0.4 is 5.32 Å². The molecule has 2 N–H and O–H groups in total. The van der Waals surface area contributed by atoms with Gasteiger partial charge in [0.1, 0.15) is 11.1 Å². The molecule has 0 bridgehead atoms. The van der Waals surface area contributed by atoms with Gasteiger partial charge in [0.2, 0.25) is 0 Å². The smallest absolute Gasteiger partial charge is 0.341 e. The van der Waals surface area contributed by atoms with Crippen molar-refractivity contribution >= 4 is 28.9 Å². The van der Waals surface area contributed by atoms with Gasteiger partial charge in [-0.15, -0.1) is 0 Å². The number of aromatic hydroxyl groups is 1. The van der Waals surface area contributed by atoms with Crippen LogP contribution in [-0.4, -0.2) is 33.9 Å². The summed E-state index contributed by atoms with van der Waals surface area (Å²) < 4.78 is 4.50. The van der Waals surface area contributed by atoms with Crippen molar-refractivity contribution < 1.29 is 29.3 Å². The number of para-hydroxylation sites is 1. The highest BCUT2D eigenvalue weighted by atomic mass is 16.6. The predicted molar refractivity (Wildman–Crippen MR) is 91.9 cm³/mol. The maximum absolute atomic E-state index is 12.4. The van der Waals surface area contributed by atoms with Gasteiger partial charge in [-0.1, -0.05) is 6.07 Å². The van der Waals surface area contributed by atoms with Crippen molar-refractivity contribution in [2.24, 2.45) is 0 Å². The molecule has 0 aliphatic rings. The molecule has 1 amide bonds. The van der Waals surface area contributed by atoms with E-state index in [1.54, 1.807) is 0 Å². The monoisotopic (exact) mass is 375 g/mol. The van der Waals surface area contributed by atoms with Gasteiger partial charge in [0.05, 0.1) is 28.2 Å². The molecule has 2 aromatic carbocycles. The number of carbonyl (C=O) groups is 2. The molecular formula is C16H13N3O8. The van der Waals surface area contributed by atoms with Crippen molar-refractivity contribution in [3.63, 3.8) is 0 Å². The average Bonchev–Trinajstić information content (AvgIpc) is 2.62. The number of esters is 1. The molecule has 0 aliphatic heterocycles. The van der Waals surface area contributed by atoms with Crippen LogP contribution in [0, 0.1) is 27.2 Å². The molecule has 2 aromatic rings. The molecule has 0 saturated heterocycles. The fraction of sp³-hybridized carbons (Fsp3) is 0.125. The molecule has 11 nitrogen and oxygen atoms in total. The van der Waals surface area contributed by atoms with E-state index in [-0.39, 0.29) is 22.4 Å². The second kappa shape index (κ2) is 7.47. The fourth-order valence-electron chi connectivity index (χ4n) is 2.31. The van der Waals surface area contributed by atoms with Crippen LogP contribution in [0.5, 0.6) is 5.75 Å². The Kier molecular flexibility index (Phi) is 5.34. The lowest BCUT2D eigenvalue weighted by molar-refractivity contribution is -0.395. The number of phenols is 1. The zero-order chi connectivity index (χ0) is 20.3. The highest BCUT2D eigenvalue weighted by Gasteiger charge is 2.26. The molecular weight excluding hydrogens is 362 g/mol. The van der Waals surface area contributed by atoms with E-state index in [4.69, 9.17) is 0 Å². The van der Waals surface area contributed by atoms with Crippen LogP contribution in [0.3, 0.4) is 0 Å². The van der Waals surface area contributed by atoms with Gasteiger partial charge in [-0.25, -0.2) is 4.79 Å². The van der Waals surface area contributed by atoms with Crippen molar-refractivity contribution in [3.8, 4) is 5.75 Å². The second-order valence-corrected chi connectivity index (χ2v) is 5.30. The zero-order valence-corrected chi connectivity index (χ0v) is 14.1. The summed E-state index contributed by atoms with van der Waals surface area (Å²) in [6, 6.07) is 5.68. The number of rotatable bonds is 5. The van der Waals surface area contributed by atoms with Gasteiger partial charge in [0.15, 0.2) is 5.75 Å². The van der Waals surface area contributed by atoms with Crippen LogP contribution in [0.2, 0.25) is 0 Å². The van der Waals surface area contributed by atoms with Gasteiger partial charge in [0.25, 0.3) is 17.3 Å². The topological polar surface area (TPSA) is 162 Å². The Morgan fingerprint density at radius 3 is 2.15 bits per heavy atom. The van der Waals surface area contributed by atoms with Gasteiger partial charge >= 0.3 is 5.97 Å². The Morgan fingerprint density at radius 2 is 1.67 bits per heavy atom. The molecule has 0 radical (unpaired) electrons. The Bertz CT molecular complexity index is 935. The quantitative estimate of drug-likeness (QED) is 0.348. The van der Waals surface area contributed by atoms with Crippen LogP contribution >= 0.6 is 0 Å². The minimum Gasteiger partial charge on any atom is -0.505 e. The molecule has 27 heavy (non-hydrogen) atoms. The van der Waals surface area contributed by atoms with E-state index in [1.165, 1.54) is 25.1 Å². The summed E-state index contributed by atoms with van der Waals surface area (Å²) in [7, 11) is 1.11. The lowest BCUT2D eigenvalue weighted by Gasteiger charge is -2.10. The normalized spacial score (nSPS) is 10.1. The number of ether oxygens (including phenoxy) is 1. The number of benzene rings is 2. The summed E-state index contributed by atoms with van der Waals surface area (Å²) in [5, 5.41) is 34.5. The van der Waals surface area contributed by atoms with E-state index < -0.39 is 38.8 Å². The highest BCUT2D eigenvalue weighted by molar-refractivity contribution is 6.07. The number of carbonyl (C=O) groups excluding carboxylic acids is 2. The third kappa shape index (κ3) is 3.81. The molecule has 0 heterocycles. The van der Waals surface area contributed by atoms with E-state index in [9.17, 15) is 34.9 Å². The number of anilines is 1. The summed E-state index contributed by atoms with van der Waals surface area (Å²) in [5.74, 6) is -2.36. The molecule has 11 heteroatoms. The predicted octanol–water partition coefficient (Wildman–Crippen LogP) is 2.56. The number of hydrogen-bond donors (Lipinski definition) is 2. The minimum absolute atomic E-state index is 0.172. The summed E-state index contributed by atoms with van der Waals surface area (Å²) >= 11 is 0. The van der Waals surface area contributed by atoms with Gasteiger partial charge in [-0.3, -0.25) is 25.0 Å². The number of methoxy groups -OCH3 is 1. The minimum atomic E-state index is -0.946. The Morgan fingerprint density at radius 1 is 1.11 bits per heavy atom. The van der Waals surface area contributed by atoms with Gasteiger partial charge < -0.3 is 15.2 Å². The SMILES string of the molecule is COC(=O)c1cccc(NC(=O)c2cc([N+](=O)[O-])c(C)c([N+](=O)[O-])c2)c1O. The first-order chi connectivity index (χ1) is 12.7. The molecule has 0 spiro atoms. The van der Waals surface area contributed by atoms with E-state index in [0.29, 0.717) is 0 Å². The van der Waals surface area contributed by atoms with Gasteiger partial charge in [0, 0.05) is 12.1 Å². The summed E-state index contributed by atoms with van der Waals surface area (Å²) in [6.45, 7) is 1.20. The van der Waals surface area contributed by atoms with Crippen LogP contribution in [0.4, 0.5) is 17.1 Å². The largest absolute Gasteiger partial charge is 0.505 e. The number of phenolic OH excluding ortho intramolecular Hbond substituents is 1. The number of nitrogens with zero attached hydrogens (tertiary/aromatic N) is 2. The molecule has 0 aliphatic carbocycles. The summed E-state index contributed by atoms with van der Waals surface area (Å²) in [5.41, 5.74) is -2.13. The van der Waals surface area contributed by atoms with Gasteiger partial charge in [-0.05, 0) is 19.1 Å². The Hall–Kier alpha value is -4.02. The maximum atomic E-state index is 12.4. The molecule has 0 atom stereocenters. The van der Waals surface area contributed by atoms with Crippen molar-refractivity contribution in [3.05, 3.63) is 67.3 Å². The Labute approximate surface area is 151 Å². The van der Waals surface area contributed by atoms with Crippen molar-refractivity contribution in [1.82, 2.24) is 0 Å². The first kappa shape index (κ1) is 19.3. The third-order valence-electron chi connectivity index (χ3n) is 3.70. The maximum Gasteiger partial charge on any atom is 0.341 e. The second-order valence-electron chi connectivity index (χ2n) is 5.30. The zero-order valence-electron chi connectivity index (χ0n) is 14.1. The standard InChI is InChI=1S/C16H13N3O8/c1-8-12(18(23)24)6-9(7-13(8)19(25)26)15(21)17-11-5-3-4-10(14(11)20)16(22)27-2/h3-7,20H,1-2H3,(H,17,21). The van der Waals surface area contributed by atoms with Crippen LogP contribution in [0.25, 0.3) is 0 Å². The molecule has 0 saturated carbocycles. The van der Waals surface area contributed by atoms with Crippen molar-refractivity contribution in [2.45, 2.75) is 6.92 Å². The third-order valence-corrected chi connectivity index (χ3v) is 3.70. The lowest BCUT2D eigenvalue weighted by Crippen LogP contribution is -2.14. The average molecular weight is 375 g/mol. The number of amides is 1. The molecule has 2 rings (SSSR count). The molecule has 0 aromatic heterocycles. The molecule has 140 valence electrons. The summed E-state index contributed by atoms with van der Waals surface area (Å²) in [6.07, 6.45) is 0. The lowest BCUT2D eigenvalue weighted by atomic mass is 10.1. The number of nitro groups is 2. The number of nitro benzene ring substituents is 2. The van der Waals surface area contributed by atoms with E-state index in [1.807, 2.05) is 0 Å². The van der Waals surface area contributed by atoms with E-state index >= 15 is 0 Å². The number of nitrogens with one attached hydrogen (secondary N) is 1. The van der Waals surface area contributed by atoms with Gasteiger partial charge in [-0.2, -0.15) is 0 Å². The van der Waals surface area contributed by atoms with Crippen molar-refractivity contribution in [2.75, 3.05) is 12.4 Å². The number of hydrogen-bond acceptors (Lipinski definition) is 8. The first-order valence-corrected chi connectivity index (χ1v) is 7.32.